The third-order valence-electron chi connectivity index (χ3n) is 4.08. The van der Waals surface area contributed by atoms with Crippen molar-refractivity contribution in [2.24, 2.45) is 23.5 Å². The van der Waals surface area contributed by atoms with E-state index >= 15 is 0 Å². The molecule has 15 heavy (non-hydrogen) atoms. The van der Waals surface area contributed by atoms with Gasteiger partial charge in [-0.15, -0.1) is 0 Å². The first-order valence-electron chi connectivity index (χ1n) is 5.77. The number of fused-ring (bicyclic) bond motifs is 1. The van der Waals surface area contributed by atoms with Gasteiger partial charge >= 0.3 is 0 Å². The lowest BCUT2D eigenvalue weighted by atomic mass is 10.0. The Morgan fingerprint density at radius 2 is 2.00 bits per heavy atom. The summed E-state index contributed by atoms with van der Waals surface area (Å²) >= 11 is 3.49. The van der Waals surface area contributed by atoms with Crippen molar-refractivity contribution in [3.05, 3.63) is 22.6 Å². The van der Waals surface area contributed by atoms with Crippen LogP contribution in [0, 0.1) is 17.8 Å². The monoisotopic (exact) mass is 269 g/mol. The van der Waals surface area contributed by atoms with Gasteiger partial charge in [-0.2, -0.15) is 0 Å². The molecule has 0 bridgehead atoms. The van der Waals surface area contributed by atoms with Crippen LogP contribution in [0.2, 0.25) is 0 Å². The van der Waals surface area contributed by atoms with Gasteiger partial charge in [-0.25, -0.2) is 0 Å². The quantitative estimate of drug-likeness (QED) is 0.893. The molecule has 82 valence electrons. The molecule has 3 rings (SSSR count). The van der Waals surface area contributed by atoms with Crippen LogP contribution in [0.1, 0.15) is 37.5 Å². The summed E-state index contributed by atoms with van der Waals surface area (Å²) in [4.78, 5) is 0. The SMILES string of the molecule is NC(c1occc1Br)C1C2CCCCC21. The van der Waals surface area contributed by atoms with Crippen LogP contribution >= 0.6 is 15.9 Å². The molecule has 1 aromatic heterocycles. The maximum absolute atomic E-state index is 6.28. The Morgan fingerprint density at radius 3 is 2.53 bits per heavy atom. The van der Waals surface area contributed by atoms with E-state index < -0.39 is 0 Å². The molecule has 0 aliphatic heterocycles. The number of rotatable bonds is 2. The van der Waals surface area contributed by atoms with Crippen LogP contribution < -0.4 is 5.73 Å². The summed E-state index contributed by atoms with van der Waals surface area (Å²) in [5.41, 5.74) is 6.28. The van der Waals surface area contributed by atoms with E-state index in [0.717, 1.165) is 22.1 Å². The van der Waals surface area contributed by atoms with Crippen molar-refractivity contribution in [3.8, 4) is 0 Å². The van der Waals surface area contributed by atoms with Crippen molar-refractivity contribution in [1.82, 2.24) is 0 Å². The predicted octanol–water partition coefficient (Wildman–Crippen LogP) is 3.48. The van der Waals surface area contributed by atoms with Crippen molar-refractivity contribution in [3.63, 3.8) is 0 Å². The van der Waals surface area contributed by atoms with Crippen LogP contribution in [0.15, 0.2) is 21.2 Å². The average molecular weight is 270 g/mol. The lowest BCUT2D eigenvalue weighted by molar-refractivity contribution is 0.421. The van der Waals surface area contributed by atoms with Gasteiger partial charge in [0.25, 0.3) is 0 Å². The second-order valence-electron chi connectivity index (χ2n) is 4.85. The average Bonchev–Trinajstić information content (AvgIpc) is 2.83. The molecule has 1 aromatic rings. The van der Waals surface area contributed by atoms with Crippen LogP contribution in [0.25, 0.3) is 0 Å². The van der Waals surface area contributed by atoms with Gasteiger partial charge in [-0.3, -0.25) is 0 Å². The van der Waals surface area contributed by atoms with Crippen LogP contribution in [-0.4, -0.2) is 0 Å². The van der Waals surface area contributed by atoms with Crippen molar-refractivity contribution >= 4 is 15.9 Å². The molecule has 3 heteroatoms. The summed E-state index contributed by atoms with van der Waals surface area (Å²) < 4.78 is 6.49. The molecule has 2 N–H and O–H groups in total. The van der Waals surface area contributed by atoms with Crippen LogP contribution in [0.3, 0.4) is 0 Å². The van der Waals surface area contributed by atoms with E-state index in [-0.39, 0.29) is 6.04 Å². The molecule has 2 aliphatic carbocycles. The Hall–Kier alpha value is -0.280. The molecule has 0 saturated heterocycles. The largest absolute Gasteiger partial charge is 0.466 e. The maximum atomic E-state index is 6.28. The predicted molar refractivity (Wildman–Crippen MR) is 62.3 cm³/mol. The molecule has 0 spiro atoms. The minimum Gasteiger partial charge on any atom is -0.466 e. The zero-order valence-corrected chi connectivity index (χ0v) is 10.2. The second kappa shape index (κ2) is 3.63. The van der Waals surface area contributed by atoms with Gasteiger partial charge in [-0.05, 0) is 52.6 Å². The molecule has 3 unspecified atom stereocenters. The molecule has 2 nitrogen and oxygen atoms in total. The van der Waals surface area contributed by atoms with Gasteiger partial charge in [-0.1, -0.05) is 12.8 Å². The lowest BCUT2D eigenvalue weighted by Gasteiger charge is -2.08. The zero-order chi connectivity index (χ0) is 10.4. The van der Waals surface area contributed by atoms with Crippen LogP contribution in [-0.2, 0) is 0 Å². The molecule has 3 atom stereocenters. The van der Waals surface area contributed by atoms with Gasteiger partial charge in [0.05, 0.1) is 16.8 Å². The Balaban J connectivity index is 1.76. The second-order valence-corrected chi connectivity index (χ2v) is 5.70. The zero-order valence-electron chi connectivity index (χ0n) is 8.66. The van der Waals surface area contributed by atoms with E-state index in [1.807, 2.05) is 6.07 Å². The van der Waals surface area contributed by atoms with Crippen LogP contribution in [0.4, 0.5) is 0 Å². The minimum absolute atomic E-state index is 0.0995. The molecular formula is C12H16BrNO. The highest BCUT2D eigenvalue weighted by molar-refractivity contribution is 9.10. The third-order valence-corrected chi connectivity index (χ3v) is 4.74. The van der Waals surface area contributed by atoms with E-state index in [0.29, 0.717) is 5.92 Å². The smallest absolute Gasteiger partial charge is 0.134 e. The summed E-state index contributed by atoms with van der Waals surface area (Å²) in [7, 11) is 0. The first-order valence-corrected chi connectivity index (χ1v) is 6.57. The van der Waals surface area contributed by atoms with Crippen molar-refractivity contribution in [2.45, 2.75) is 31.7 Å². The number of hydrogen-bond donors (Lipinski definition) is 1. The Morgan fingerprint density at radius 1 is 1.33 bits per heavy atom. The number of furan rings is 1. The molecule has 2 saturated carbocycles. The third kappa shape index (κ3) is 1.56. The molecule has 2 fully saturated rings. The number of halogens is 1. The molecule has 0 amide bonds. The van der Waals surface area contributed by atoms with Crippen molar-refractivity contribution in [1.29, 1.82) is 0 Å². The standard InChI is InChI=1S/C12H16BrNO/c13-9-5-6-15-12(9)11(14)10-7-3-1-2-4-8(7)10/h5-8,10-11H,1-4,14H2. The van der Waals surface area contributed by atoms with Gasteiger partial charge < -0.3 is 10.2 Å². The highest BCUT2D eigenvalue weighted by atomic mass is 79.9. The molecular weight excluding hydrogens is 254 g/mol. The molecule has 0 radical (unpaired) electrons. The maximum Gasteiger partial charge on any atom is 0.134 e. The molecule has 0 aromatic carbocycles. The van der Waals surface area contributed by atoms with Crippen molar-refractivity contribution < 1.29 is 4.42 Å². The normalized spacial score (nSPS) is 36.0. The Kier molecular flexibility index (Phi) is 2.40. The highest BCUT2D eigenvalue weighted by Gasteiger charge is 2.54. The fourth-order valence-corrected chi connectivity index (χ4v) is 3.76. The van der Waals surface area contributed by atoms with Gasteiger partial charge in [0, 0.05) is 0 Å². The summed E-state index contributed by atoms with van der Waals surface area (Å²) in [6.45, 7) is 0. The number of nitrogens with two attached hydrogens (primary N) is 1. The topological polar surface area (TPSA) is 39.2 Å². The molecule has 2 aliphatic rings. The lowest BCUT2D eigenvalue weighted by Crippen LogP contribution is -2.14. The first-order chi connectivity index (χ1) is 7.29. The van der Waals surface area contributed by atoms with Crippen molar-refractivity contribution in [2.75, 3.05) is 0 Å². The summed E-state index contributed by atoms with van der Waals surface area (Å²) in [6, 6.07) is 2.03. The van der Waals surface area contributed by atoms with E-state index in [9.17, 15) is 0 Å². The Bertz CT molecular complexity index is 350. The fourth-order valence-electron chi connectivity index (χ4n) is 3.30. The highest BCUT2D eigenvalue weighted by Crippen LogP contribution is 2.60. The summed E-state index contributed by atoms with van der Waals surface area (Å²) in [5.74, 6) is 3.38. The fraction of sp³-hybridized carbons (Fsp3) is 0.667. The van der Waals surface area contributed by atoms with Gasteiger partial charge in [0.15, 0.2) is 0 Å². The van der Waals surface area contributed by atoms with Crippen LogP contribution in [0.5, 0.6) is 0 Å². The first kappa shape index (κ1) is 9.91. The Labute approximate surface area is 98.3 Å². The van der Waals surface area contributed by atoms with E-state index in [2.05, 4.69) is 15.9 Å². The van der Waals surface area contributed by atoms with E-state index in [1.165, 1.54) is 25.7 Å². The number of hydrogen-bond acceptors (Lipinski definition) is 2. The van der Waals surface area contributed by atoms with E-state index in [4.69, 9.17) is 10.2 Å². The van der Waals surface area contributed by atoms with Gasteiger partial charge in [0.2, 0.25) is 0 Å². The molecule has 1 heterocycles. The summed E-state index contributed by atoms with van der Waals surface area (Å²) in [6.07, 6.45) is 7.25. The summed E-state index contributed by atoms with van der Waals surface area (Å²) in [5, 5.41) is 0. The van der Waals surface area contributed by atoms with Gasteiger partial charge in [0.1, 0.15) is 5.76 Å². The van der Waals surface area contributed by atoms with E-state index in [1.54, 1.807) is 6.26 Å². The minimum atomic E-state index is 0.0995.